The molecule has 0 saturated carbocycles. The Hall–Kier alpha value is -3.94. The number of carbonyl (C=O) groups is 2. The number of carboxylic acids is 2. The third-order valence-corrected chi connectivity index (χ3v) is 3.87. The second-order valence-corrected chi connectivity index (χ2v) is 5.80. The van der Waals surface area contributed by atoms with Crippen LogP contribution in [0.4, 0.5) is 0 Å². The molecule has 157 valence electrons. The van der Waals surface area contributed by atoms with Gasteiger partial charge < -0.3 is 19.8 Å². The van der Waals surface area contributed by atoms with E-state index in [1.807, 2.05) is 0 Å². The van der Waals surface area contributed by atoms with Gasteiger partial charge in [0.2, 0.25) is 0 Å². The van der Waals surface area contributed by atoms with E-state index in [0.717, 1.165) is 0 Å². The minimum absolute atomic E-state index is 0. The van der Waals surface area contributed by atoms with E-state index in [1.54, 1.807) is 60.9 Å². The zero-order valence-electron chi connectivity index (χ0n) is 15.8. The van der Waals surface area contributed by atoms with Crippen molar-refractivity contribution in [1.82, 2.24) is 19.9 Å². The summed E-state index contributed by atoms with van der Waals surface area (Å²) in [5.74, 6) is -2.49. The van der Waals surface area contributed by atoms with Crippen molar-refractivity contribution in [3.8, 4) is 22.8 Å². The quantitative estimate of drug-likeness (QED) is 0.411. The maximum absolute atomic E-state index is 10.8. The van der Waals surface area contributed by atoms with Gasteiger partial charge in [-0.2, -0.15) is 0 Å². The molecule has 4 rings (SSSR count). The Morgan fingerprint density at radius 2 is 0.935 bits per heavy atom. The topological polar surface area (TPSA) is 132 Å². The van der Waals surface area contributed by atoms with Crippen LogP contribution in [0.5, 0.6) is 0 Å². The minimum Gasteiger partial charge on any atom is -0.545 e. The van der Waals surface area contributed by atoms with Gasteiger partial charge in [0.15, 0.2) is 0 Å². The van der Waals surface area contributed by atoms with Crippen molar-refractivity contribution < 1.29 is 36.9 Å². The van der Waals surface area contributed by atoms with Gasteiger partial charge in [0.1, 0.15) is 0 Å². The van der Waals surface area contributed by atoms with E-state index in [-0.39, 0.29) is 28.2 Å². The average molecular weight is 462 g/mol. The molecule has 0 fully saturated rings. The SMILES string of the molecule is O=C([O-])c1cccnc1-c1ccccn1.O=C([O-])c1cccnc1-c1ccccn1.[Cu+2]. The zero-order valence-corrected chi connectivity index (χ0v) is 16.7. The molecule has 0 saturated heterocycles. The van der Waals surface area contributed by atoms with Gasteiger partial charge in [-0.15, -0.1) is 0 Å². The van der Waals surface area contributed by atoms with Gasteiger partial charge in [0.25, 0.3) is 0 Å². The van der Waals surface area contributed by atoms with Crippen molar-refractivity contribution in [2.24, 2.45) is 0 Å². The number of hydrogen-bond acceptors (Lipinski definition) is 8. The van der Waals surface area contributed by atoms with Crippen LogP contribution in [0.2, 0.25) is 0 Å². The molecule has 4 aromatic rings. The first-order valence-corrected chi connectivity index (χ1v) is 8.73. The zero-order chi connectivity index (χ0) is 21.3. The molecular weight excluding hydrogens is 448 g/mol. The summed E-state index contributed by atoms with van der Waals surface area (Å²) in [5.41, 5.74) is 1.82. The second kappa shape index (κ2) is 11.3. The first-order valence-electron chi connectivity index (χ1n) is 8.73. The van der Waals surface area contributed by atoms with Crippen molar-refractivity contribution in [2.45, 2.75) is 0 Å². The second-order valence-electron chi connectivity index (χ2n) is 5.80. The van der Waals surface area contributed by atoms with Crippen LogP contribution in [0.1, 0.15) is 20.7 Å². The van der Waals surface area contributed by atoms with Crippen LogP contribution >= 0.6 is 0 Å². The summed E-state index contributed by atoms with van der Waals surface area (Å²) in [6.45, 7) is 0. The van der Waals surface area contributed by atoms with E-state index in [9.17, 15) is 19.8 Å². The number of carboxylic acid groups (broad SMARTS) is 2. The molecule has 4 aromatic heterocycles. The third kappa shape index (κ3) is 6.02. The number of rotatable bonds is 4. The van der Waals surface area contributed by atoms with Gasteiger partial charge in [-0.3, -0.25) is 19.9 Å². The van der Waals surface area contributed by atoms with Gasteiger partial charge in [-0.05, 0) is 48.5 Å². The van der Waals surface area contributed by atoms with Gasteiger partial charge in [0, 0.05) is 35.9 Å². The summed E-state index contributed by atoms with van der Waals surface area (Å²) >= 11 is 0. The molecule has 1 radical (unpaired) electrons. The molecule has 0 bridgehead atoms. The Balaban J connectivity index is 0.000000213. The Morgan fingerprint density at radius 3 is 1.26 bits per heavy atom. The standard InChI is InChI=1S/2C11H8N2O2.Cu/c2*14-11(15)8-4-3-7-13-10(8)9-5-1-2-6-12-9;/h2*1-7H,(H,14,15);/q;;+2/p-2. The summed E-state index contributed by atoms with van der Waals surface area (Å²) in [4.78, 5) is 37.7. The van der Waals surface area contributed by atoms with Crippen LogP contribution in [0.15, 0.2) is 85.5 Å². The van der Waals surface area contributed by atoms with Gasteiger partial charge >= 0.3 is 17.1 Å². The number of aromatic carboxylic acids is 2. The van der Waals surface area contributed by atoms with E-state index in [0.29, 0.717) is 22.8 Å². The van der Waals surface area contributed by atoms with Gasteiger partial charge in [-0.25, -0.2) is 0 Å². The molecule has 0 amide bonds. The summed E-state index contributed by atoms with van der Waals surface area (Å²) < 4.78 is 0. The number of aromatic nitrogens is 4. The number of nitrogens with zero attached hydrogens (tertiary/aromatic N) is 4. The van der Waals surface area contributed by atoms with Crippen LogP contribution in [-0.4, -0.2) is 31.9 Å². The van der Waals surface area contributed by atoms with Crippen molar-refractivity contribution >= 4 is 11.9 Å². The molecule has 0 aromatic carbocycles. The fourth-order valence-corrected chi connectivity index (χ4v) is 2.55. The van der Waals surface area contributed by atoms with Crippen LogP contribution < -0.4 is 10.2 Å². The van der Waals surface area contributed by atoms with Crippen molar-refractivity contribution in [1.29, 1.82) is 0 Å². The summed E-state index contributed by atoms with van der Waals surface area (Å²) in [5, 5.41) is 21.6. The molecule has 0 atom stereocenters. The largest absolute Gasteiger partial charge is 2.00 e. The molecule has 4 heterocycles. The first kappa shape index (κ1) is 23.3. The molecule has 0 aliphatic rings. The van der Waals surface area contributed by atoms with E-state index < -0.39 is 11.9 Å². The maximum atomic E-state index is 10.8. The average Bonchev–Trinajstić information content (AvgIpc) is 2.80. The predicted octanol–water partition coefficient (Wildman–Crippen LogP) is 1.01. The molecule has 9 heteroatoms. The van der Waals surface area contributed by atoms with E-state index in [1.165, 1.54) is 24.5 Å². The normalized spacial score (nSPS) is 9.55. The maximum Gasteiger partial charge on any atom is 2.00 e. The van der Waals surface area contributed by atoms with Crippen molar-refractivity contribution in [2.75, 3.05) is 0 Å². The third-order valence-electron chi connectivity index (χ3n) is 3.87. The Labute approximate surface area is 188 Å². The van der Waals surface area contributed by atoms with Crippen molar-refractivity contribution in [3.05, 3.63) is 96.6 Å². The minimum atomic E-state index is -1.25. The molecule has 0 spiro atoms. The van der Waals surface area contributed by atoms with E-state index >= 15 is 0 Å². The van der Waals surface area contributed by atoms with Crippen LogP contribution in [0.3, 0.4) is 0 Å². The van der Waals surface area contributed by atoms with Crippen LogP contribution in [0.25, 0.3) is 22.8 Å². The number of carbonyl (C=O) groups excluding carboxylic acids is 2. The smallest absolute Gasteiger partial charge is 0.545 e. The molecule has 0 aliphatic carbocycles. The molecule has 31 heavy (non-hydrogen) atoms. The van der Waals surface area contributed by atoms with E-state index in [2.05, 4.69) is 19.9 Å². The number of pyridine rings is 4. The predicted molar refractivity (Wildman–Crippen MR) is 104 cm³/mol. The summed E-state index contributed by atoms with van der Waals surface area (Å²) in [6.07, 6.45) is 6.22. The fraction of sp³-hybridized carbons (Fsp3) is 0. The Bertz CT molecular complexity index is 1070. The van der Waals surface area contributed by atoms with Crippen molar-refractivity contribution in [3.63, 3.8) is 0 Å². The molecular formula is C22H14CuN4O4. The Kier molecular flexibility index (Phi) is 8.51. The Morgan fingerprint density at radius 1 is 0.548 bits per heavy atom. The first-order chi connectivity index (χ1) is 14.6. The van der Waals surface area contributed by atoms with Gasteiger partial charge in [-0.1, -0.05) is 12.1 Å². The number of hydrogen-bond donors (Lipinski definition) is 0. The monoisotopic (exact) mass is 461 g/mol. The molecule has 0 N–H and O–H groups in total. The van der Waals surface area contributed by atoms with Gasteiger partial charge in [0.05, 0.1) is 34.7 Å². The van der Waals surface area contributed by atoms with E-state index in [4.69, 9.17) is 0 Å². The van der Waals surface area contributed by atoms with Crippen LogP contribution in [0, 0.1) is 0 Å². The fourth-order valence-electron chi connectivity index (χ4n) is 2.55. The molecule has 8 nitrogen and oxygen atoms in total. The molecule has 0 aliphatic heterocycles. The molecule has 0 unspecified atom stereocenters. The summed E-state index contributed by atoms with van der Waals surface area (Å²) in [6, 6.07) is 16.5. The van der Waals surface area contributed by atoms with Crippen LogP contribution in [-0.2, 0) is 17.1 Å². The summed E-state index contributed by atoms with van der Waals surface area (Å²) in [7, 11) is 0.